The van der Waals surface area contributed by atoms with Crippen molar-refractivity contribution in [2.75, 3.05) is 20.6 Å². The third-order valence-electron chi connectivity index (χ3n) is 2.26. The summed E-state index contributed by atoms with van der Waals surface area (Å²) < 4.78 is 0. The first kappa shape index (κ1) is 12.1. The maximum atomic E-state index is 4.58. The number of nitrogens with one attached hydrogen (secondary N) is 1. The highest BCUT2D eigenvalue weighted by Crippen LogP contribution is 2.02. The second-order valence-electron chi connectivity index (χ2n) is 3.89. The molecular weight excluding hydrogens is 186 g/mol. The van der Waals surface area contributed by atoms with Crippen molar-refractivity contribution in [2.45, 2.75) is 26.4 Å². The largest absolute Gasteiger partial charge is 0.314 e. The van der Waals surface area contributed by atoms with Gasteiger partial charge in [0.05, 0.1) is 11.4 Å². The first-order valence-electron chi connectivity index (χ1n) is 5.54. The van der Waals surface area contributed by atoms with E-state index in [-0.39, 0.29) is 0 Å². The van der Waals surface area contributed by atoms with Crippen LogP contribution in [0.1, 0.15) is 24.7 Å². The molecule has 1 heterocycles. The standard InChI is InChI=1S/C12H21N3/c1-4-8-15(3)10-12-7-5-6-11(14-12)9-13-2/h5-7,13H,4,8-10H2,1-3H3. The molecule has 15 heavy (non-hydrogen) atoms. The fourth-order valence-corrected chi connectivity index (χ4v) is 1.63. The number of aromatic nitrogens is 1. The Bertz CT molecular complexity index is 286. The number of nitrogens with zero attached hydrogens (tertiary/aromatic N) is 2. The zero-order valence-electron chi connectivity index (χ0n) is 9.95. The van der Waals surface area contributed by atoms with E-state index < -0.39 is 0 Å². The summed E-state index contributed by atoms with van der Waals surface area (Å²) >= 11 is 0. The van der Waals surface area contributed by atoms with E-state index in [0.29, 0.717) is 0 Å². The Hall–Kier alpha value is -0.930. The van der Waals surface area contributed by atoms with Crippen LogP contribution in [0.25, 0.3) is 0 Å². The van der Waals surface area contributed by atoms with Gasteiger partial charge in [-0.3, -0.25) is 4.98 Å². The molecule has 0 spiro atoms. The van der Waals surface area contributed by atoms with Crippen molar-refractivity contribution >= 4 is 0 Å². The molecule has 0 aliphatic carbocycles. The molecule has 0 atom stereocenters. The van der Waals surface area contributed by atoms with Crippen molar-refractivity contribution in [3.8, 4) is 0 Å². The summed E-state index contributed by atoms with van der Waals surface area (Å²) in [5.41, 5.74) is 2.26. The summed E-state index contributed by atoms with van der Waals surface area (Å²) in [6, 6.07) is 6.22. The second-order valence-corrected chi connectivity index (χ2v) is 3.89. The van der Waals surface area contributed by atoms with Crippen molar-refractivity contribution in [1.29, 1.82) is 0 Å². The maximum Gasteiger partial charge on any atom is 0.0547 e. The molecule has 3 heteroatoms. The van der Waals surface area contributed by atoms with Gasteiger partial charge in [0.2, 0.25) is 0 Å². The Morgan fingerprint density at radius 1 is 1.33 bits per heavy atom. The van der Waals surface area contributed by atoms with Gasteiger partial charge >= 0.3 is 0 Å². The molecular formula is C12H21N3. The van der Waals surface area contributed by atoms with Gasteiger partial charge in [-0.2, -0.15) is 0 Å². The van der Waals surface area contributed by atoms with Crippen molar-refractivity contribution in [1.82, 2.24) is 15.2 Å². The van der Waals surface area contributed by atoms with Gasteiger partial charge in [-0.15, -0.1) is 0 Å². The predicted molar refractivity (Wildman–Crippen MR) is 63.6 cm³/mol. The lowest BCUT2D eigenvalue weighted by molar-refractivity contribution is 0.323. The minimum Gasteiger partial charge on any atom is -0.314 e. The molecule has 0 bridgehead atoms. The van der Waals surface area contributed by atoms with Gasteiger partial charge in [-0.05, 0) is 39.2 Å². The minimum absolute atomic E-state index is 0.839. The van der Waals surface area contributed by atoms with Crippen LogP contribution in [0.15, 0.2) is 18.2 Å². The summed E-state index contributed by atoms with van der Waals surface area (Å²) in [6.45, 7) is 5.09. The van der Waals surface area contributed by atoms with Gasteiger partial charge < -0.3 is 10.2 Å². The Morgan fingerprint density at radius 2 is 2.07 bits per heavy atom. The highest BCUT2D eigenvalue weighted by molar-refractivity contribution is 5.11. The van der Waals surface area contributed by atoms with E-state index in [1.54, 1.807) is 0 Å². The Balaban J connectivity index is 2.56. The van der Waals surface area contributed by atoms with Crippen molar-refractivity contribution in [3.05, 3.63) is 29.6 Å². The van der Waals surface area contributed by atoms with E-state index in [1.807, 2.05) is 7.05 Å². The first-order chi connectivity index (χ1) is 7.26. The molecule has 0 saturated carbocycles. The van der Waals surface area contributed by atoms with Gasteiger partial charge in [0, 0.05) is 13.1 Å². The lowest BCUT2D eigenvalue weighted by Gasteiger charge is -2.15. The highest BCUT2D eigenvalue weighted by atomic mass is 15.1. The first-order valence-corrected chi connectivity index (χ1v) is 5.54. The highest BCUT2D eigenvalue weighted by Gasteiger charge is 2.01. The average Bonchev–Trinajstić information content (AvgIpc) is 2.19. The molecule has 0 aliphatic rings. The number of hydrogen-bond acceptors (Lipinski definition) is 3. The summed E-state index contributed by atoms with van der Waals surface area (Å²) in [4.78, 5) is 6.88. The summed E-state index contributed by atoms with van der Waals surface area (Å²) in [6.07, 6.45) is 1.19. The lowest BCUT2D eigenvalue weighted by atomic mass is 10.3. The molecule has 0 aliphatic heterocycles. The van der Waals surface area contributed by atoms with E-state index >= 15 is 0 Å². The molecule has 0 aromatic carbocycles. The third kappa shape index (κ3) is 4.40. The molecule has 0 saturated heterocycles. The van der Waals surface area contributed by atoms with Crippen molar-refractivity contribution in [3.63, 3.8) is 0 Å². The van der Waals surface area contributed by atoms with Gasteiger partial charge in [-0.1, -0.05) is 13.0 Å². The van der Waals surface area contributed by atoms with E-state index in [0.717, 1.165) is 31.0 Å². The molecule has 1 aromatic heterocycles. The average molecular weight is 207 g/mol. The summed E-state index contributed by atoms with van der Waals surface area (Å²) in [5, 5.41) is 3.11. The number of pyridine rings is 1. The molecule has 1 rings (SSSR count). The molecule has 84 valence electrons. The van der Waals surface area contributed by atoms with Crippen LogP contribution in [0.2, 0.25) is 0 Å². The van der Waals surface area contributed by atoms with Gasteiger partial charge in [-0.25, -0.2) is 0 Å². The second kappa shape index (κ2) is 6.53. The van der Waals surface area contributed by atoms with E-state index in [2.05, 4.69) is 47.4 Å². The number of hydrogen-bond donors (Lipinski definition) is 1. The smallest absolute Gasteiger partial charge is 0.0547 e. The summed E-state index contributed by atoms with van der Waals surface area (Å²) in [5.74, 6) is 0. The molecule has 0 fully saturated rings. The predicted octanol–water partition coefficient (Wildman–Crippen LogP) is 1.64. The van der Waals surface area contributed by atoms with Gasteiger partial charge in [0.15, 0.2) is 0 Å². The van der Waals surface area contributed by atoms with Crippen LogP contribution < -0.4 is 5.32 Å². The molecule has 0 amide bonds. The fourth-order valence-electron chi connectivity index (χ4n) is 1.63. The number of rotatable bonds is 6. The van der Waals surface area contributed by atoms with E-state index in [4.69, 9.17) is 0 Å². The Morgan fingerprint density at radius 3 is 2.73 bits per heavy atom. The monoisotopic (exact) mass is 207 g/mol. The Labute approximate surface area is 92.5 Å². The molecule has 3 nitrogen and oxygen atoms in total. The van der Waals surface area contributed by atoms with Crippen LogP contribution in [0, 0.1) is 0 Å². The normalized spacial score (nSPS) is 10.9. The van der Waals surface area contributed by atoms with E-state index in [1.165, 1.54) is 6.42 Å². The quantitative estimate of drug-likeness (QED) is 0.768. The minimum atomic E-state index is 0.839. The molecule has 1 N–H and O–H groups in total. The van der Waals surface area contributed by atoms with Crippen LogP contribution in [-0.4, -0.2) is 30.5 Å². The zero-order valence-corrected chi connectivity index (χ0v) is 9.95. The fraction of sp³-hybridized carbons (Fsp3) is 0.583. The lowest BCUT2D eigenvalue weighted by Crippen LogP contribution is -2.19. The van der Waals surface area contributed by atoms with Crippen LogP contribution in [0.3, 0.4) is 0 Å². The maximum absolute atomic E-state index is 4.58. The van der Waals surface area contributed by atoms with E-state index in [9.17, 15) is 0 Å². The van der Waals surface area contributed by atoms with Crippen LogP contribution in [-0.2, 0) is 13.1 Å². The van der Waals surface area contributed by atoms with Crippen molar-refractivity contribution < 1.29 is 0 Å². The topological polar surface area (TPSA) is 28.2 Å². The van der Waals surface area contributed by atoms with Crippen LogP contribution in [0.5, 0.6) is 0 Å². The van der Waals surface area contributed by atoms with Crippen molar-refractivity contribution in [2.24, 2.45) is 0 Å². The SMILES string of the molecule is CCCN(C)Cc1cccc(CNC)n1. The van der Waals surface area contributed by atoms with Crippen LogP contribution >= 0.6 is 0 Å². The molecule has 0 radical (unpaired) electrons. The van der Waals surface area contributed by atoms with Gasteiger partial charge in [0.1, 0.15) is 0 Å². The molecule has 0 unspecified atom stereocenters. The summed E-state index contributed by atoms with van der Waals surface area (Å²) in [7, 11) is 4.08. The third-order valence-corrected chi connectivity index (χ3v) is 2.26. The molecule has 1 aromatic rings. The zero-order chi connectivity index (χ0) is 11.1. The van der Waals surface area contributed by atoms with Gasteiger partial charge in [0.25, 0.3) is 0 Å². The van der Waals surface area contributed by atoms with Crippen LogP contribution in [0.4, 0.5) is 0 Å². The Kier molecular flexibility index (Phi) is 5.29.